The molecule has 5 heteroatoms. The van der Waals surface area contributed by atoms with Gasteiger partial charge < -0.3 is 5.21 Å². The van der Waals surface area contributed by atoms with Crippen LogP contribution in [0.5, 0.6) is 0 Å². The number of carbonyl (C=O) groups excluding carboxylic acids is 2. The Kier molecular flexibility index (Phi) is 7.35. The molecule has 0 saturated heterocycles. The lowest BCUT2D eigenvalue weighted by Gasteiger charge is -2.05. The summed E-state index contributed by atoms with van der Waals surface area (Å²) >= 11 is 1.58. The predicted molar refractivity (Wildman–Crippen MR) is 121 cm³/mol. The van der Waals surface area contributed by atoms with Crippen molar-refractivity contribution in [2.45, 2.75) is 23.1 Å². The smallest absolute Gasteiger partial charge is 0.210 e. The van der Waals surface area contributed by atoms with Crippen LogP contribution in [0.1, 0.15) is 39.6 Å². The maximum atomic E-state index is 12.2. The molecule has 0 radical (unpaired) electrons. The predicted octanol–water partition coefficient (Wildman–Crippen LogP) is 6.16. The van der Waals surface area contributed by atoms with Gasteiger partial charge in [-0.15, -0.1) is 0 Å². The van der Waals surface area contributed by atoms with Crippen molar-refractivity contribution in [3.05, 3.63) is 102 Å². The summed E-state index contributed by atoms with van der Waals surface area (Å²) in [5.74, 6) is -0.293. The molecule has 3 rings (SSSR count). The summed E-state index contributed by atoms with van der Waals surface area (Å²) in [6, 6.07) is 24.3. The van der Waals surface area contributed by atoms with E-state index in [1.54, 1.807) is 55.1 Å². The first-order chi connectivity index (χ1) is 14.6. The number of allylic oxidation sites excluding steroid dienone is 1. The minimum Gasteiger partial charge on any atom is -0.411 e. The third-order valence-corrected chi connectivity index (χ3v) is 5.45. The number of Topliss-reactive ketones (excluding diaryl/α,β-unsaturated/α-hetero) is 1. The van der Waals surface area contributed by atoms with E-state index in [0.717, 1.165) is 15.4 Å². The summed E-state index contributed by atoms with van der Waals surface area (Å²) in [6.07, 6.45) is 3.76. The zero-order valence-corrected chi connectivity index (χ0v) is 17.3. The minimum absolute atomic E-state index is 0.0267. The Hall–Kier alpha value is -3.44. The van der Waals surface area contributed by atoms with Gasteiger partial charge in [-0.1, -0.05) is 72.4 Å². The first kappa shape index (κ1) is 21.3. The Bertz CT molecular complexity index is 1070. The average molecular weight is 416 g/mol. The van der Waals surface area contributed by atoms with Crippen LogP contribution in [0.3, 0.4) is 0 Å². The summed E-state index contributed by atoms with van der Waals surface area (Å²) < 4.78 is 0. The molecule has 0 aromatic heterocycles. The number of hydrogen-bond donors (Lipinski definition) is 1. The highest BCUT2D eigenvalue weighted by Gasteiger charge is 2.12. The first-order valence-electron chi connectivity index (χ1n) is 9.51. The Labute approximate surface area is 180 Å². The third-order valence-electron chi connectivity index (χ3n) is 4.44. The molecule has 0 aliphatic heterocycles. The Morgan fingerprint density at radius 2 is 1.47 bits per heavy atom. The van der Waals surface area contributed by atoms with Crippen LogP contribution in [-0.4, -0.2) is 22.5 Å². The molecule has 0 unspecified atom stereocenters. The largest absolute Gasteiger partial charge is 0.411 e. The van der Waals surface area contributed by atoms with Gasteiger partial charge in [0.15, 0.2) is 5.78 Å². The average Bonchev–Trinajstić information content (AvgIpc) is 2.80. The molecule has 3 aromatic rings. The highest BCUT2D eigenvalue weighted by molar-refractivity contribution is 7.99. The summed E-state index contributed by atoms with van der Waals surface area (Å²) in [7, 11) is 0. The molecule has 0 aliphatic rings. The number of oxime groups is 1. The van der Waals surface area contributed by atoms with Crippen LogP contribution >= 0.6 is 11.8 Å². The molecule has 0 heterocycles. The molecule has 4 nitrogen and oxygen atoms in total. The van der Waals surface area contributed by atoms with Crippen molar-refractivity contribution >= 4 is 35.1 Å². The molecular formula is C25H21NO3S. The van der Waals surface area contributed by atoms with Crippen LogP contribution in [0, 0.1) is 0 Å². The number of rotatable bonds is 8. The molecule has 0 saturated carbocycles. The Balaban J connectivity index is 1.62. The fraction of sp³-hybridized carbons (Fsp3) is 0.0800. The highest BCUT2D eigenvalue weighted by Crippen LogP contribution is 2.28. The Morgan fingerprint density at radius 1 is 0.867 bits per heavy atom. The third kappa shape index (κ3) is 5.55. The van der Waals surface area contributed by atoms with Crippen LogP contribution in [0.25, 0.3) is 6.08 Å². The van der Waals surface area contributed by atoms with Gasteiger partial charge in [0, 0.05) is 20.9 Å². The first-order valence-corrected chi connectivity index (χ1v) is 10.3. The van der Waals surface area contributed by atoms with Crippen LogP contribution in [0.4, 0.5) is 0 Å². The number of hydrogen-bond acceptors (Lipinski definition) is 5. The molecule has 0 aliphatic carbocycles. The van der Waals surface area contributed by atoms with Gasteiger partial charge >= 0.3 is 0 Å². The number of benzene rings is 3. The Morgan fingerprint density at radius 3 is 2.03 bits per heavy atom. The number of nitrogens with zero attached hydrogens (tertiary/aromatic N) is 1. The molecule has 0 spiro atoms. The second-order valence-corrected chi connectivity index (χ2v) is 7.64. The van der Waals surface area contributed by atoms with E-state index in [-0.39, 0.29) is 17.3 Å². The van der Waals surface area contributed by atoms with E-state index in [0.29, 0.717) is 17.5 Å². The molecule has 0 bridgehead atoms. The van der Waals surface area contributed by atoms with Gasteiger partial charge in [0.05, 0.1) is 0 Å². The van der Waals surface area contributed by atoms with Crippen LogP contribution in [-0.2, 0) is 0 Å². The van der Waals surface area contributed by atoms with E-state index in [1.807, 2.05) is 54.6 Å². The molecule has 30 heavy (non-hydrogen) atoms. The fourth-order valence-corrected chi connectivity index (χ4v) is 3.59. The van der Waals surface area contributed by atoms with Gasteiger partial charge in [-0.25, -0.2) is 0 Å². The summed E-state index contributed by atoms with van der Waals surface area (Å²) in [5.41, 5.74) is 2.25. The van der Waals surface area contributed by atoms with Gasteiger partial charge in [-0.2, -0.15) is 0 Å². The van der Waals surface area contributed by atoms with E-state index in [9.17, 15) is 9.59 Å². The zero-order valence-electron chi connectivity index (χ0n) is 16.5. The lowest BCUT2D eigenvalue weighted by atomic mass is 10.1. The SMILES string of the molecule is CCC(=NO)C(=O)c1ccc(Sc2ccc(C=CC(=O)c3ccccc3)cc2)cc1. The lowest BCUT2D eigenvalue weighted by molar-refractivity contribution is 0.104. The number of carbonyl (C=O) groups is 2. The fourth-order valence-electron chi connectivity index (χ4n) is 2.77. The molecule has 150 valence electrons. The standard InChI is InChI=1S/C25H21NO3S/c1-2-23(26-29)25(28)20-11-15-22(16-12-20)30-21-13-8-18(9-14-21)10-17-24(27)19-6-4-3-5-7-19/h3-17,29H,2H2,1H3. The normalized spacial score (nSPS) is 11.6. The number of ketones is 2. The second kappa shape index (κ2) is 10.4. The van der Waals surface area contributed by atoms with E-state index in [1.165, 1.54) is 0 Å². The van der Waals surface area contributed by atoms with Crippen LogP contribution < -0.4 is 0 Å². The molecule has 3 aromatic carbocycles. The maximum Gasteiger partial charge on any atom is 0.210 e. The van der Waals surface area contributed by atoms with Crippen molar-refractivity contribution in [3.8, 4) is 0 Å². The molecule has 1 N–H and O–H groups in total. The minimum atomic E-state index is -0.266. The van der Waals surface area contributed by atoms with Crippen molar-refractivity contribution in [2.24, 2.45) is 5.16 Å². The highest BCUT2D eigenvalue weighted by atomic mass is 32.2. The molecular weight excluding hydrogens is 394 g/mol. The van der Waals surface area contributed by atoms with Gasteiger partial charge in [0.1, 0.15) is 5.71 Å². The topological polar surface area (TPSA) is 66.7 Å². The monoisotopic (exact) mass is 415 g/mol. The van der Waals surface area contributed by atoms with Crippen molar-refractivity contribution in [1.82, 2.24) is 0 Å². The van der Waals surface area contributed by atoms with Crippen LogP contribution in [0.15, 0.2) is 99.9 Å². The van der Waals surface area contributed by atoms with Crippen molar-refractivity contribution in [3.63, 3.8) is 0 Å². The van der Waals surface area contributed by atoms with E-state index >= 15 is 0 Å². The molecule has 0 fully saturated rings. The van der Waals surface area contributed by atoms with E-state index in [4.69, 9.17) is 5.21 Å². The van der Waals surface area contributed by atoms with Gasteiger partial charge in [0.2, 0.25) is 5.78 Å². The summed E-state index contributed by atoms with van der Waals surface area (Å²) in [5, 5.41) is 12.0. The van der Waals surface area contributed by atoms with Crippen LogP contribution in [0.2, 0.25) is 0 Å². The van der Waals surface area contributed by atoms with Crippen molar-refractivity contribution < 1.29 is 14.8 Å². The lowest BCUT2D eigenvalue weighted by Crippen LogP contribution is -2.13. The summed E-state index contributed by atoms with van der Waals surface area (Å²) in [6.45, 7) is 1.77. The molecule has 0 atom stereocenters. The van der Waals surface area contributed by atoms with Gasteiger partial charge in [0.25, 0.3) is 0 Å². The van der Waals surface area contributed by atoms with Crippen molar-refractivity contribution in [1.29, 1.82) is 0 Å². The molecule has 0 amide bonds. The van der Waals surface area contributed by atoms with E-state index < -0.39 is 0 Å². The van der Waals surface area contributed by atoms with Gasteiger partial charge in [-0.05, 0) is 54.5 Å². The quantitative estimate of drug-likeness (QED) is 0.157. The maximum absolute atomic E-state index is 12.2. The van der Waals surface area contributed by atoms with E-state index in [2.05, 4.69) is 5.16 Å². The second-order valence-electron chi connectivity index (χ2n) is 6.49. The summed E-state index contributed by atoms with van der Waals surface area (Å²) in [4.78, 5) is 26.4. The zero-order chi connectivity index (χ0) is 21.3. The van der Waals surface area contributed by atoms with Gasteiger partial charge in [-0.3, -0.25) is 9.59 Å². The van der Waals surface area contributed by atoms with Crippen molar-refractivity contribution in [2.75, 3.05) is 0 Å².